The molecule has 1 atom stereocenters. The molecule has 2 amide bonds. The van der Waals surface area contributed by atoms with Crippen LogP contribution in [0.1, 0.15) is 50.2 Å². The predicted molar refractivity (Wildman–Crippen MR) is 130 cm³/mol. The number of carbonyl (C=O) groups excluding carboxylic acids is 2. The van der Waals surface area contributed by atoms with E-state index in [-0.39, 0.29) is 17.9 Å². The van der Waals surface area contributed by atoms with E-state index in [1.807, 2.05) is 62.4 Å². The van der Waals surface area contributed by atoms with Gasteiger partial charge in [0.15, 0.2) is 0 Å². The van der Waals surface area contributed by atoms with E-state index in [0.29, 0.717) is 18.7 Å². The molecule has 0 spiro atoms. The molecule has 0 aromatic heterocycles. The largest absolute Gasteiger partial charge is 0.497 e. The lowest BCUT2D eigenvalue weighted by Crippen LogP contribution is -2.51. The summed E-state index contributed by atoms with van der Waals surface area (Å²) in [6.07, 6.45) is 4.93. The van der Waals surface area contributed by atoms with E-state index in [1.54, 1.807) is 12.0 Å². The van der Waals surface area contributed by atoms with Crippen LogP contribution in [0.25, 0.3) is 0 Å². The highest BCUT2D eigenvalue weighted by atomic mass is 32.2. The summed E-state index contributed by atoms with van der Waals surface area (Å²) >= 11 is 1.51. The normalized spacial score (nSPS) is 14.7. The molecule has 0 radical (unpaired) electrons. The minimum Gasteiger partial charge on any atom is -0.497 e. The SMILES string of the molecule is CC[C@@H](C(=O)NC1CCCC1)N(Cc1cccc(OC)c1)C(=O)CSc1ccc(C)cc1. The van der Waals surface area contributed by atoms with Gasteiger partial charge in [-0.3, -0.25) is 9.59 Å². The molecule has 1 aliphatic carbocycles. The Kier molecular flexibility index (Phi) is 9.03. The zero-order valence-corrected chi connectivity index (χ0v) is 20.1. The number of amides is 2. The molecule has 1 saturated carbocycles. The molecule has 6 heteroatoms. The Labute approximate surface area is 195 Å². The Hall–Kier alpha value is -2.47. The highest BCUT2D eigenvalue weighted by Gasteiger charge is 2.30. The first-order chi connectivity index (χ1) is 15.5. The van der Waals surface area contributed by atoms with Gasteiger partial charge in [-0.2, -0.15) is 0 Å². The summed E-state index contributed by atoms with van der Waals surface area (Å²) < 4.78 is 5.35. The van der Waals surface area contributed by atoms with Crippen molar-refractivity contribution in [1.82, 2.24) is 10.2 Å². The lowest BCUT2D eigenvalue weighted by Gasteiger charge is -2.31. The zero-order valence-electron chi connectivity index (χ0n) is 19.3. The summed E-state index contributed by atoms with van der Waals surface area (Å²) in [7, 11) is 1.63. The summed E-state index contributed by atoms with van der Waals surface area (Å²) in [5.41, 5.74) is 2.14. The van der Waals surface area contributed by atoms with Crippen molar-refractivity contribution in [3.63, 3.8) is 0 Å². The third kappa shape index (κ3) is 6.76. The molecule has 3 rings (SSSR count). The summed E-state index contributed by atoms with van der Waals surface area (Å²) in [5.74, 6) is 0.954. The third-order valence-electron chi connectivity index (χ3n) is 5.96. The van der Waals surface area contributed by atoms with Gasteiger partial charge in [0, 0.05) is 17.5 Å². The Bertz CT molecular complexity index is 894. The van der Waals surface area contributed by atoms with E-state index in [4.69, 9.17) is 4.74 Å². The minimum absolute atomic E-state index is 0.0354. The Morgan fingerprint density at radius 1 is 1.16 bits per heavy atom. The van der Waals surface area contributed by atoms with Gasteiger partial charge in [-0.15, -0.1) is 11.8 Å². The molecule has 0 saturated heterocycles. The van der Waals surface area contributed by atoms with E-state index in [9.17, 15) is 9.59 Å². The van der Waals surface area contributed by atoms with Gasteiger partial charge in [-0.25, -0.2) is 0 Å². The smallest absolute Gasteiger partial charge is 0.243 e. The van der Waals surface area contributed by atoms with Gasteiger partial charge in [0.25, 0.3) is 0 Å². The van der Waals surface area contributed by atoms with E-state index >= 15 is 0 Å². The summed E-state index contributed by atoms with van der Waals surface area (Å²) in [5, 5.41) is 3.19. The van der Waals surface area contributed by atoms with Gasteiger partial charge in [-0.1, -0.05) is 49.6 Å². The van der Waals surface area contributed by atoms with Gasteiger partial charge in [0.05, 0.1) is 12.9 Å². The quantitative estimate of drug-likeness (QED) is 0.516. The van der Waals surface area contributed by atoms with Crippen LogP contribution >= 0.6 is 11.8 Å². The predicted octanol–water partition coefficient (Wildman–Crippen LogP) is 4.96. The highest BCUT2D eigenvalue weighted by Crippen LogP contribution is 2.23. The first-order valence-electron chi connectivity index (χ1n) is 11.4. The van der Waals surface area contributed by atoms with Crippen LogP contribution in [-0.4, -0.2) is 41.7 Å². The number of nitrogens with zero attached hydrogens (tertiary/aromatic N) is 1. The van der Waals surface area contributed by atoms with Crippen LogP contribution in [0.4, 0.5) is 0 Å². The maximum atomic E-state index is 13.4. The van der Waals surface area contributed by atoms with Crippen molar-refractivity contribution in [2.75, 3.05) is 12.9 Å². The van der Waals surface area contributed by atoms with E-state index in [2.05, 4.69) is 5.32 Å². The Morgan fingerprint density at radius 2 is 1.88 bits per heavy atom. The fourth-order valence-corrected chi connectivity index (χ4v) is 4.90. The molecular formula is C26H34N2O3S. The summed E-state index contributed by atoms with van der Waals surface area (Å²) in [6, 6.07) is 15.6. The number of ether oxygens (including phenoxy) is 1. The molecular weight excluding hydrogens is 420 g/mol. The van der Waals surface area contributed by atoms with Crippen LogP contribution in [0.2, 0.25) is 0 Å². The van der Waals surface area contributed by atoms with Crippen LogP contribution in [0.3, 0.4) is 0 Å². The minimum atomic E-state index is -0.493. The van der Waals surface area contributed by atoms with Crippen molar-refractivity contribution in [1.29, 1.82) is 0 Å². The number of rotatable bonds is 10. The second kappa shape index (κ2) is 12.0. The van der Waals surface area contributed by atoms with Crippen molar-refractivity contribution in [3.8, 4) is 5.75 Å². The third-order valence-corrected chi connectivity index (χ3v) is 6.95. The molecule has 0 unspecified atom stereocenters. The Balaban J connectivity index is 1.76. The van der Waals surface area contributed by atoms with Crippen molar-refractivity contribution in [2.24, 2.45) is 0 Å². The standard InChI is InChI=1S/C26H34N2O3S/c1-4-24(26(30)27-21-9-5-6-10-21)28(17-20-8-7-11-22(16-20)31-3)25(29)18-32-23-14-12-19(2)13-15-23/h7-8,11-16,21,24H,4-6,9-10,17-18H2,1-3H3,(H,27,30)/t24-/m0/s1. The second-order valence-corrected chi connectivity index (χ2v) is 9.44. The average molecular weight is 455 g/mol. The van der Waals surface area contributed by atoms with Gasteiger partial charge >= 0.3 is 0 Å². The van der Waals surface area contributed by atoms with Crippen molar-refractivity contribution >= 4 is 23.6 Å². The highest BCUT2D eigenvalue weighted by molar-refractivity contribution is 8.00. The van der Waals surface area contributed by atoms with Gasteiger partial charge < -0.3 is 15.0 Å². The Morgan fingerprint density at radius 3 is 2.53 bits per heavy atom. The number of methoxy groups -OCH3 is 1. The lowest BCUT2D eigenvalue weighted by molar-refractivity contribution is -0.139. The van der Waals surface area contributed by atoms with Crippen LogP contribution in [-0.2, 0) is 16.1 Å². The van der Waals surface area contributed by atoms with E-state index < -0.39 is 6.04 Å². The molecule has 0 aliphatic heterocycles. The van der Waals surface area contributed by atoms with Crippen LogP contribution in [0.5, 0.6) is 5.75 Å². The molecule has 172 valence electrons. The number of thioether (sulfide) groups is 1. The number of benzene rings is 2. The fourth-order valence-electron chi connectivity index (χ4n) is 4.12. The number of hydrogen-bond acceptors (Lipinski definition) is 4. The number of hydrogen-bond donors (Lipinski definition) is 1. The zero-order chi connectivity index (χ0) is 22.9. The molecule has 1 fully saturated rings. The van der Waals surface area contributed by atoms with Gasteiger partial charge in [0.2, 0.25) is 11.8 Å². The van der Waals surface area contributed by atoms with Crippen molar-refractivity contribution in [2.45, 2.75) is 69.5 Å². The van der Waals surface area contributed by atoms with Crippen molar-refractivity contribution in [3.05, 3.63) is 59.7 Å². The first kappa shape index (κ1) is 24.2. The number of nitrogens with one attached hydrogen (secondary N) is 1. The maximum absolute atomic E-state index is 13.4. The van der Waals surface area contributed by atoms with Crippen LogP contribution in [0.15, 0.2) is 53.4 Å². The van der Waals surface area contributed by atoms with Crippen molar-refractivity contribution < 1.29 is 14.3 Å². The maximum Gasteiger partial charge on any atom is 0.243 e. The lowest BCUT2D eigenvalue weighted by atomic mass is 10.1. The molecule has 1 N–H and O–H groups in total. The fraction of sp³-hybridized carbons (Fsp3) is 0.462. The topological polar surface area (TPSA) is 58.6 Å². The molecule has 5 nitrogen and oxygen atoms in total. The molecule has 32 heavy (non-hydrogen) atoms. The molecule has 0 bridgehead atoms. The van der Waals surface area contributed by atoms with Crippen LogP contribution in [0, 0.1) is 6.92 Å². The first-order valence-corrected chi connectivity index (χ1v) is 12.4. The summed E-state index contributed by atoms with van der Waals surface area (Å²) in [4.78, 5) is 29.3. The summed E-state index contributed by atoms with van der Waals surface area (Å²) in [6.45, 7) is 4.39. The van der Waals surface area contributed by atoms with Gasteiger partial charge in [0.1, 0.15) is 11.8 Å². The second-order valence-electron chi connectivity index (χ2n) is 8.39. The number of aryl methyl sites for hydroxylation is 1. The molecule has 0 heterocycles. The monoisotopic (exact) mass is 454 g/mol. The van der Waals surface area contributed by atoms with E-state index in [1.165, 1.54) is 17.3 Å². The van der Waals surface area contributed by atoms with E-state index in [0.717, 1.165) is 41.9 Å². The molecule has 2 aromatic rings. The number of carbonyl (C=O) groups is 2. The molecule has 2 aromatic carbocycles. The average Bonchev–Trinajstić information content (AvgIpc) is 3.31. The molecule has 1 aliphatic rings. The van der Waals surface area contributed by atoms with Gasteiger partial charge in [-0.05, 0) is 56.0 Å². The van der Waals surface area contributed by atoms with Crippen LogP contribution < -0.4 is 10.1 Å².